The van der Waals surface area contributed by atoms with Gasteiger partial charge in [0.05, 0.1) is 20.6 Å². The maximum Gasteiger partial charge on any atom is 0.272 e. The third-order valence-electron chi connectivity index (χ3n) is 4.90. The van der Waals surface area contributed by atoms with Crippen LogP contribution in [0.15, 0.2) is 71.6 Å². The first-order valence-electron chi connectivity index (χ1n) is 9.94. The molecule has 31 heavy (non-hydrogen) atoms. The summed E-state index contributed by atoms with van der Waals surface area (Å²) in [4.78, 5) is 13.4. The van der Waals surface area contributed by atoms with Gasteiger partial charge < -0.3 is 0 Å². The highest BCUT2D eigenvalue weighted by molar-refractivity contribution is 7.93. The summed E-state index contributed by atoms with van der Waals surface area (Å²) in [5.74, 6) is -0.708. The molecule has 162 valence electrons. The first-order valence-corrected chi connectivity index (χ1v) is 12.1. The molecule has 3 rings (SSSR count). The van der Waals surface area contributed by atoms with Crippen molar-refractivity contribution in [1.82, 2.24) is 0 Å². The van der Waals surface area contributed by atoms with Gasteiger partial charge in [0.15, 0.2) is 0 Å². The Bertz CT molecular complexity index is 1170. The van der Waals surface area contributed by atoms with Gasteiger partial charge in [0.1, 0.15) is 0 Å². The second-order valence-corrected chi connectivity index (χ2v) is 9.89. The zero-order valence-electron chi connectivity index (χ0n) is 17.3. The molecule has 0 aliphatic heterocycles. The van der Waals surface area contributed by atoms with Crippen molar-refractivity contribution in [2.45, 2.75) is 38.0 Å². The van der Waals surface area contributed by atoms with Gasteiger partial charge in [-0.05, 0) is 67.8 Å². The molecule has 3 aromatic rings. The number of nitrogens with zero attached hydrogens (tertiary/aromatic N) is 1. The van der Waals surface area contributed by atoms with E-state index in [1.165, 1.54) is 30.3 Å². The molecule has 0 N–H and O–H groups in total. The minimum Gasteiger partial charge on any atom is -0.268 e. The number of halogens is 2. The summed E-state index contributed by atoms with van der Waals surface area (Å²) >= 11 is 12.0. The monoisotopic (exact) mass is 475 g/mol. The number of amides is 1. The summed E-state index contributed by atoms with van der Waals surface area (Å²) in [6, 6.07) is 17.7. The van der Waals surface area contributed by atoms with Crippen LogP contribution in [-0.4, -0.2) is 14.3 Å². The SMILES string of the molecule is CCCCc1ccc(N(C(=O)c2ccc(Cl)c(Cl)c2)S(=O)(=O)c2ccc(C)cc2)cc1. The highest BCUT2D eigenvalue weighted by atomic mass is 35.5. The van der Waals surface area contributed by atoms with E-state index in [1.807, 2.05) is 19.1 Å². The van der Waals surface area contributed by atoms with E-state index in [0.29, 0.717) is 0 Å². The summed E-state index contributed by atoms with van der Waals surface area (Å²) in [6.07, 6.45) is 2.99. The van der Waals surface area contributed by atoms with E-state index >= 15 is 0 Å². The van der Waals surface area contributed by atoms with Crippen LogP contribution in [-0.2, 0) is 16.4 Å². The Morgan fingerprint density at radius 3 is 2.13 bits per heavy atom. The average molecular weight is 476 g/mol. The fourth-order valence-electron chi connectivity index (χ4n) is 3.11. The lowest BCUT2D eigenvalue weighted by Crippen LogP contribution is -2.37. The average Bonchev–Trinajstić information content (AvgIpc) is 2.75. The Balaban J connectivity index is 2.10. The van der Waals surface area contributed by atoms with Crippen LogP contribution in [0.3, 0.4) is 0 Å². The van der Waals surface area contributed by atoms with Gasteiger partial charge >= 0.3 is 0 Å². The topological polar surface area (TPSA) is 54.5 Å². The van der Waals surface area contributed by atoms with Gasteiger partial charge in [-0.3, -0.25) is 4.79 Å². The van der Waals surface area contributed by atoms with Gasteiger partial charge in [-0.15, -0.1) is 0 Å². The minimum atomic E-state index is -4.16. The van der Waals surface area contributed by atoms with Gasteiger partial charge in [-0.2, -0.15) is 4.31 Å². The smallest absolute Gasteiger partial charge is 0.268 e. The lowest BCUT2D eigenvalue weighted by atomic mass is 10.1. The Hall–Kier alpha value is -2.34. The minimum absolute atomic E-state index is 0.0292. The van der Waals surface area contributed by atoms with Crippen LogP contribution in [0, 0.1) is 6.92 Å². The van der Waals surface area contributed by atoms with Crippen molar-refractivity contribution in [3.63, 3.8) is 0 Å². The molecule has 0 spiro atoms. The van der Waals surface area contributed by atoms with Crippen molar-refractivity contribution in [3.05, 3.63) is 93.5 Å². The standard InChI is InChI=1S/C24H23Cl2NO3S/c1-3-4-5-18-8-11-20(12-9-18)27(24(28)19-10-15-22(25)23(26)16-19)31(29,30)21-13-6-17(2)7-14-21/h6-16H,3-5H2,1-2H3. The molecule has 3 aromatic carbocycles. The molecule has 7 heteroatoms. The molecule has 0 bridgehead atoms. The lowest BCUT2D eigenvalue weighted by molar-refractivity contribution is 0.101. The van der Waals surface area contributed by atoms with E-state index in [9.17, 15) is 13.2 Å². The number of anilines is 1. The molecule has 1 amide bonds. The molecule has 0 unspecified atom stereocenters. The van der Waals surface area contributed by atoms with Crippen molar-refractivity contribution in [2.75, 3.05) is 4.31 Å². The van der Waals surface area contributed by atoms with Gasteiger partial charge in [0.2, 0.25) is 0 Å². The predicted molar refractivity (Wildman–Crippen MR) is 127 cm³/mol. The van der Waals surface area contributed by atoms with Gasteiger partial charge in [-0.1, -0.05) is 66.4 Å². The van der Waals surface area contributed by atoms with Crippen molar-refractivity contribution in [3.8, 4) is 0 Å². The Kier molecular flexibility index (Phi) is 7.42. The molecular weight excluding hydrogens is 453 g/mol. The molecule has 0 aromatic heterocycles. The molecule has 0 aliphatic carbocycles. The third kappa shape index (κ3) is 5.29. The van der Waals surface area contributed by atoms with Gasteiger partial charge in [0, 0.05) is 5.56 Å². The first kappa shape index (κ1) is 23.3. The molecule has 0 fully saturated rings. The molecular formula is C24H23Cl2NO3S. The van der Waals surface area contributed by atoms with E-state index < -0.39 is 15.9 Å². The Morgan fingerprint density at radius 1 is 0.903 bits per heavy atom. The van der Waals surface area contributed by atoms with Crippen LogP contribution < -0.4 is 4.31 Å². The highest BCUT2D eigenvalue weighted by Gasteiger charge is 2.32. The zero-order valence-corrected chi connectivity index (χ0v) is 19.6. The molecule has 0 saturated heterocycles. The van der Waals surface area contributed by atoms with Crippen molar-refractivity contribution < 1.29 is 13.2 Å². The van der Waals surface area contributed by atoms with Crippen LogP contribution in [0.5, 0.6) is 0 Å². The Morgan fingerprint density at radius 2 is 1.55 bits per heavy atom. The molecule has 0 saturated carbocycles. The molecule has 0 radical (unpaired) electrons. The van der Waals surface area contributed by atoms with E-state index in [-0.39, 0.29) is 26.2 Å². The molecule has 4 nitrogen and oxygen atoms in total. The summed E-state index contributed by atoms with van der Waals surface area (Å²) in [6.45, 7) is 3.98. The second kappa shape index (κ2) is 9.86. The van der Waals surface area contributed by atoms with Crippen molar-refractivity contribution in [2.24, 2.45) is 0 Å². The van der Waals surface area contributed by atoms with Crippen LogP contribution in [0.2, 0.25) is 10.0 Å². The maximum atomic E-state index is 13.5. The fraction of sp³-hybridized carbons (Fsp3) is 0.208. The number of hydrogen-bond donors (Lipinski definition) is 0. The summed E-state index contributed by atoms with van der Waals surface area (Å²) in [5.41, 5.74) is 2.39. The van der Waals surface area contributed by atoms with E-state index in [1.54, 1.807) is 24.3 Å². The largest absolute Gasteiger partial charge is 0.272 e. The summed E-state index contributed by atoms with van der Waals surface area (Å²) < 4.78 is 27.8. The molecule has 0 heterocycles. The predicted octanol–water partition coefficient (Wildman–Crippen LogP) is 6.68. The van der Waals surface area contributed by atoms with Crippen LogP contribution in [0.1, 0.15) is 41.3 Å². The number of hydrogen-bond acceptors (Lipinski definition) is 3. The highest BCUT2D eigenvalue weighted by Crippen LogP contribution is 2.29. The van der Waals surface area contributed by atoms with Crippen LogP contribution in [0.25, 0.3) is 0 Å². The number of carbonyl (C=O) groups excluding carboxylic acids is 1. The van der Waals surface area contributed by atoms with Crippen molar-refractivity contribution in [1.29, 1.82) is 0 Å². The number of aryl methyl sites for hydroxylation is 2. The number of rotatable bonds is 7. The summed E-state index contributed by atoms with van der Waals surface area (Å²) in [7, 11) is -4.16. The first-order chi connectivity index (χ1) is 14.7. The fourth-order valence-corrected chi connectivity index (χ4v) is 4.82. The quantitative estimate of drug-likeness (QED) is 0.382. The number of sulfonamides is 1. The normalized spacial score (nSPS) is 11.4. The zero-order chi connectivity index (χ0) is 22.6. The van der Waals surface area contributed by atoms with Gasteiger partial charge in [0.25, 0.3) is 15.9 Å². The number of carbonyl (C=O) groups is 1. The molecule has 0 aliphatic rings. The molecule has 0 atom stereocenters. The van der Waals surface area contributed by atoms with E-state index in [0.717, 1.165) is 34.7 Å². The van der Waals surface area contributed by atoms with E-state index in [4.69, 9.17) is 23.2 Å². The number of benzene rings is 3. The van der Waals surface area contributed by atoms with Crippen LogP contribution in [0.4, 0.5) is 5.69 Å². The van der Waals surface area contributed by atoms with Crippen LogP contribution >= 0.6 is 23.2 Å². The number of unbranched alkanes of at least 4 members (excludes halogenated alkanes) is 1. The van der Waals surface area contributed by atoms with Gasteiger partial charge in [-0.25, -0.2) is 8.42 Å². The second-order valence-electron chi connectivity index (χ2n) is 7.29. The van der Waals surface area contributed by atoms with Crippen molar-refractivity contribution >= 4 is 44.8 Å². The lowest BCUT2D eigenvalue weighted by Gasteiger charge is -2.23. The van der Waals surface area contributed by atoms with E-state index in [2.05, 4.69) is 6.92 Å². The maximum absolute atomic E-state index is 13.5. The third-order valence-corrected chi connectivity index (χ3v) is 7.36. The Labute approximate surface area is 193 Å². The summed E-state index contributed by atoms with van der Waals surface area (Å²) in [5, 5.41) is 0.460.